The van der Waals surface area contributed by atoms with Gasteiger partial charge in [0.2, 0.25) is 0 Å². The number of hydrogen-bond acceptors (Lipinski definition) is 3. The van der Waals surface area contributed by atoms with Gasteiger partial charge in [0.25, 0.3) is 0 Å². The summed E-state index contributed by atoms with van der Waals surface area (Å²) >= 11 is 0. The van der Waals surface area contributed by atoms with Gasteiger partial charge >= 0.3 is 0 Å². The fourth-order valence-electron chi connectivity index (χ4n) is 3.02. The number of aliphatic hydroxyl groups is 1. The summed E-state index contributed by atoms with van der Waals surface area (Å²) in [6, 6.07) is 6.34. The normalized spacial score (nSPS) is 20.4. The van der Waals surface area contributed by atoms with E-state index in [0.717, 1.165) is 24.4 Å². The highest BCUT2D eigenvalue weighted by atomic mass is 16.5. The molecule has 0 saturated heterocycles. The van der Waals surface area contributed by atoms with Crippen molar-refractivity contribution in [3.8, 4) is 5.75 Å². The fourth-order valence-corrected chi connectivity index (χ4v) is 3.02. The van der Waals surface area contributed by atoms with Crippen molar-refractivity contribution < 1.29 is 9.84 Å². The lowest BCUT2D eigenvalue weighted by molar-refractivity contribution is 0.190. The third-order valence-corrected chi connectivity index (χ3v) is 4.19. The standard InChI is InChI=1S/C18H23NO2/c1-13(20)6-8-16-12-19-17-11-15(7-9-18(17)21-16)10-14-4-2-3-5-14/h7,9-11,16,19-20H,1-6,8,12H2/t16-/m0/s1. The number of hydrogen-bond donors (Lipinski definition) is 2. The molecule has 0 spiro atoms. The molecule has 1 aromatic rings. The van der Waals surface area contributed by atoms with Crippen LogP contribution in [0.3, 0.4) is 0 Å². The van der Waals surface area contributed by atoms with Crippen LogP contribution in [0.15, 0.2) is 36.1 Å². The summed E-state index contributed by atoms with van der Waals surface area (Å²) in [7, 11) is 0. The van der Waals surface area contributed by atoms with Crippen LogP contribution in [0.4, 0.5) is 5.69 Å². The Kier molecular flexibility index (Phi) is 4.18. The molecule has 3 rings (SSSR count). The van der Waals surface area contributed by atoms with Gasteiger partial charge < -0.3 is 15.2 Å². The topological polar surface area (TPSA) is 41.5 Å². The Morgan fingerprint density at radius 3 is 2.95 bits per heavy atom. The second-order valence-electron chi connectivity index (χ2n) is 5.99. The van der Waals surface area contributed by atoms with Gasteiger partial charge in [0.15, 0.2) is 0 Å². The van der Waals surface area contributed by atoms with E-state index in [0.29, 0.717) is 6.42 Å². The van der Waals surface area contributed by atoms with Gasteiger partial charge in [-0.2, -0.15) is 0 Å². The molecular formula is C18H23NO2. The number of anilines is 1. The molecule has 0 unspecified atom stereocenters. The van der Waals surface area contributed by atoms with E-state index in [9.17, 15) is 5.11 Å². The minimum absolute atomic E-state index is 0.0976. The molecule has 2 N–H and O–H groups in total. The summed E-state index contributed by atoms with van der Waals surface area (Å²) in [6.07, 6.45) is 8.94. The molecule has 1 aromatic carbocycles. The Morgan fingerprint density at radius 1 is 1.38 bits per heavy atom. The predicted molar refractivity (Wildman–Crippen MR) is 86.8 cm³/mol. The molecule has 21 heavy (non-hydrogen) atoms. The Hall–Kier alpha value is -1.90. The zero-order valence-electron chi connectivity index (χ0n) is 12.4. The van der Waals surface area contributed by atoms with Crippen LogP contribution in [0.25, 0.3) is 6.08 Å². The highest BCUT2D eigenvalue weighted by Gasteiger charge is 2.19. The molecule has 1 atom stereocenters. The van der Waals surface area contributed by atoms with Crippen LogP contribution in [0.1, 0.15) is 44.1 Å². The van der Waals surface area contributed by atoms with Gasteiger partial charge in [-0.05, 0) is 49.8 Å². The SMILES string of the molecule is C=C(O)CC[C@H]1CNc2cc(C=C3CCCC3)ccc2O1. The average Bonchev–Trinajstić information content (AvgIpc) is 2.98. The summed E-state index contributed by atoms with van der Waals surface area (Å²) < 4.78 is 5.97. The molecule has 2 aliphatic rings. The zero-order chi connectivity index (χ0) is 14.7. The first-order chi connectivity index (χ1) is 10.2. The van der Waals surface area contributed by atoms with Crippen molar-refractivity contribution in [1.29, 1.82) is 0 Å². The quantitative estimate of drug-likeness (QED) is 0.790. The van der Waals surface area contributed by atoms with Gasteiger partial charge in [0.05, 0.1) is 18.0 Å². The number of benzene rings is 1. The van der Waals surface area contributed by atoms with Crippen molar-refractivity contribution in [2.75, 3.05) is 11.9 Å². The lowest BCUT2D eigenvalue weighted by Gasteiger charge is -2.27. The highest BCUT2D eigenvalue weighted by Crippen LogP contribution is 2.33. The van der Waals surface area contributed by atoms with E-state index in [-0.39, 0.29) is 11.9 Å². The van der Waals surface area contributed by atoms with E-state index in [4.69, 9.17) is 4.74 Å². The monoisotopic (exact) mass is 285 g/mol. The molecule has 0 bridgehead atoms. The molecule has 0 amide bonds. The summed E-state index contributed by atoms with van der Waals surface area (Å²) in [6.45, 7) is 4.30. The predicted octanol–water partition coefficient (Wildman–Crippen LogP) is 4.67. The number of fused-ring (bicyclic) bond motifs is 1. The average molecular weight is 285 g/mol. The van der Waals surface area contributed by atoms with Gasteiger partial charge in [-0.1, -0.05) is 24.3 Å². The molecular weight excluding hydrogens is 262 g/mol. The summed E-state index contributed by atoms with van der Waals surface area (Å²) in [5.74, 6) is 1.13. The van der Waals surface area contributed by atoms with E-state index >= 15 is 0 Å². The Balaban J connectivity index is 1.67. The minimum atomic E-state index is 0.0976. The molecule has 1 aliphatic carbocycles. The molecule has 0 radical (unpaired) electrons. The maximum atomic E-state index is 9.17. The molecule has 1 heterocycles. The van der Waals surface area contributed by atoms with Crippen LogP contribution in [0.2, 0.25) is 0 Å². The second kappa shape index (κ2) is 6.25. The second-order valence-corrected chi connectivity index (χ2v) is 5.99. The van der Waals surface area contributed by atoms with Crippen LogP contribution in [0, 0.1) is 0 Å². The van der Waals surface area contributed by atoms with Crippen LogP contribution in [-0.4, -0.2) is 17.8 Å². The lowest BCUT2D eigenvalue weighted by Crippen LogP contribution is -2.30. The van der Waals surface area contributed by atoms with E-state index in [2.05, 4.69) is 30.1 Å². The van der Waals surface area contributed by atoms with E-state index in [1.807, 2.05) is 6.07 Å². The number of nitrogens with one attached hydrogen (secondary N) is 1. The third kappa shape index (κ3) is 3.60. The first-order valence-electron chi connectivity index (χ1n) is 7.81. The van der Waals surface area contributed by atoms with Gasteiger partial charge in [-0.15, -0.1) is 0 Å². The maximum absolute atomic E-state index is 9.17. The molecule has 3 heteroatoms. The molecule has 1 saturated carbocycles. The smallest absolute Gasteiger partial charge is 0.142 e. The molecule has 1 aliphatic heterocycles. The van der Waals surface area contributed by atoms with Crippen LogP contribution >= 0.6 is 0 Å². The first kappa shape index (κ1) is 14.1. The van der Waals surface area contributed by atoms with Gasteiger partial charge in [-0.3, -0.25) is 0 Å². The maximum Gasteiger partial charge on any atom is 0.142 e. The van der Waals surface area contributed by atoms with Crippen LogP contribution in [-0.2, 0) is 0 Å². The highest BCUT2D eigenvalue weighted by molar-refractivity contribution is 5.66. The molecule has 1 fully saturated rings. The number of aliphatic hydroxyl groups excluding tert-OH is 1. The largest absolute Gasteiger partial charge is 0.513 e. The summed E-state index contributed by atoms with van der Waals surface area (Å²) in [5.41, 5.74) is 3.89. The van der Waals surface area contributed by atoms with Crippen molar-refractivity contribution >= 4 is 11.8 Å². The van der Waals surface area contributed by atoms with Crippen molar-refractivity contribution in [2.24, 2.45) is 0 Å². The van der Waals surface area contributed by atoms with Crippen LogP contribution in [0.5, 0.6) is 5.75 Å². The van der Waals surface area contributed by atoms with Gasteiger partial charge in [0, 0.05) is 6.42 Å². The van der Waals surface area contributed by atoms with Gasteiger partial charge in [0.1, 0.15) is 11.9 Å². The van der Waals surface area contributed by atoms with E-state index in [1.54, 1.807) is 5.57 Å². The lowest BCUT2D eigenvalue weighted by atomic mass is 10.1. The fraction of sp³-hybridized carbons (Fsp3) is 0.444. The number of allylic oxidation sites excluding steroid dienone is 2. The van der Waals surface area contributed by atoms with Crippen molar-refractivity contribution in [3.05, 3.63) is 41.7 Å². The Bertz CT molecular complexity index is 554. The number of ether oxygens (including phenoxy) is 1. The van der Waals surface area contributed by atoms with Crippen molar-refractivity contribution in [1.82, 2.24) is 0 Å². The summed E-state index contributed by atoms with van der Waals surface area (Å²) in [5, 5.41) is 12.6. The van der Waals surface area contributed by atoms with E-state index in [1.165, 1.54) is 31.2 Å². The number of rotatable bonds is 4. The van der Waals surface area contributed by atoms with Crippen molar-refractivity contribution in [2.45, 2.75) is 44.6 Å². The third-order valence-electron chi connectivity index (χ3n) is 4.19. The summed E-state index contributed by atoms with van der Waals surface area (Å²) in [4.78, 5) is 0. The molecule has 112 valence electrons. The van der Waals surface area contributed by atoms with Crippen LogP contribution < -0.4 is 10.1 Å². The Morgan fingerprint density at radius 2 is 2.19 bits per heavy atom. The minimum Gasteiger partial charge on any atom is -0.513 e. The zero-order valence-corrected chi connectivity index (χ0v) is 12.4. The van der Waals surface area contributed by atoms with Crippen molar-refractivity contribution in [3.63, 3.8) is 0 Å². The first-order valence-corrected chi connectivity index (χ1v) is 7.81. The molecule has 3 nitrogen and oxygen atoms in total. The molecule has 0 aromatic heterocycles. The van der Waals surface area contributed by atoms with E-state index < -0.39 is 0 Å². The Labute approximate surface area is 126 Å². The van der Waals surface area contributed by atoms with Gasteiger partial charge in [-0.25, -0.2) is 0 Å².